The van der Waals surface area contributed by atoms with Crippen molar-refractivity contribution in [1.29, 1.82) is 0 Å². The Morgan fingerprint density at radius 1 is 1.00 bits per heavy atom. The Hall–Kier alpha value is -0.886. The van der Waals surface area contributed by atoms with Crippen LogP contribution in [0.2, 0.25) is 19.6 Å². The van der Waals surface area contributed by atoms with E-state index < -0.39 is 8.07 Å². The molecule has 2 nitrogen and oxygen atoms in total. The fourth-order valence-electron chi connectivity index (χ4n) is 2.34. The van der Waals surface area contributed by atoms with Gasteiger partial charge in [-0.1, -0.05) is 32.3 Å². The normalized spacial score (nSPS) is 11.1. The first-order valence-electron chi connectivity index (χ1n) is 6.76. The summed E-state index contributed by atoms with van der Waals surface area (Å²) < 4.78 is 2.22. The molecule has 0 N–H and O–H groups in total. The van der Waals surface area contributed by atoms with Crippen LogP contribution in [0.25, 0.3) is 5.82 Å². The number of aryl methyl sites for hydroxylation is 3. The number of hydrogen-bond acceptors (Lipinski definition) is 1. The molecular formula is C16H23LiN2Si. The van der Waals surface area contributed by atoms with E-state index in [2.05, 4.69) is 75.3 Å². The van der Waals surface area contributed by atoms with Crippen molar-refractivity contribution in [1.82, 2.24) is 9.55 Å². The monoisotopic (exact) mass is 278 g/mol. The second kappa shape index (κ2) is 6.26. The van der Waals surface area contributed by atoms with E-state index in [1.165, 1.54) is 17.0 Å². The van der Waals surface area contributed by atoms with Crippen LogP contribution in [0.4, 0.5) is 0 Å². The van der Waals surface area contributed by atoms with E-state index in [1.54, 1.807) is 0 Å². The van der Waals surface area contributed by atoms with Gasteiger partial charge in [-0.2, -0.15) is 6.07 Å². The van der Waals surface area contributed by atoms with Gasteiger partial charge in [-0.3, -0.25) is 4.98 Å². The molecule has 0 aliphatic rings. The molecule has 0 radical (unpaired) electrons. The average Bonchev–Trinajstić information content (AvgIpc) is 2.54. The molecule has 4 heteroatoms. The summed E-state index contributed by atoms with van der Waals surface area (Å²) in [4.78, 5) is 4.83. The van der Waals surface area contributed by atoms with Crippen molar-refractivity contribution in [2.45, 2.75) is 40.4 Å². The molecule has 0 saturated heterocycles. The standard InChI is InChI=1S/C16H23N2Si.Li/c1-12-9-15(11-19(4,5)6)17-16(10-12)18-13(2)7-8-14(18)3;/h7-11H,1-6H3;/q-1;+1. The van der Waals surface area contributed by atoms with Gasteiger partial charge in [-0.15, -0.1) is 5.56 Å². The maximum absolute atomic E-state index is 4.83. The van der Waals surface area contributed by atoms with Crippen molar-refractivity contribution in [3.05, 3.63) is 53.0 Å². The van der Waals surface area contributed by atoms with Crippen molar-refractivity contribution in [2.75, 3.05) is 0 Å². The van der Waals surface area contributed by atoms with Gasteiger partial charge in [0.1, 0.15) is 5.82 Å². The van der Waals surface area contributed by atoms with E-state index >= 15 is 0 Å². The van der Waals surface area contributed by atoms with Crippen molar-refractivity contribution in [3.8, 4) is 5.82 Å². The van der Waals surface area contributed by atoms with Gasteiger partial charge in [-0.25, -0.2) is 6.04 Å². The van der Waals surface area contributed by atoms with Crippen molar-refractivity contribution >= 4 is 8.07 Å². The number of pyridine rings is 1. The van der Waals surface area contributed by atoms with E-state index in [4.69, 9.17) is 4.98 Å². The number of hydrogen-bond donors (Lipinski definition) is 0. The van der Waals surface area contributed by atoms with Gasteiger partial charge >= 0.3 is 18.9 Å². The molecule has 2 heterocycles. The van der Waals surface area contributed by atoms with E-state index in [0.29, 0.717) is 0 Å². The van der Waals surface area contributed by atoms with E-state index in [9.17, 15) is 0 Å². The zero-order valence-corrected chi connectivity index (χ0v) is 14.8. The molecule has 0 aliphatic heterocycles. The summed E-state index contributed by atoms with van der Waals surface area (Å²) in [5, 5.41) is 0. The molecule has 0 amide bonds. The first-order chi connectivity index (χ1) is 8.76. The van der Waals surface area contributed by atoms with Crippen molar-refractivity contribution < 1.29 is 18.9 Å². The van der Waals surface area contributed by atoms with Crippen LogP contribution in [0, 0.1) is 26.8 Å². The molecule has 2 aromatic heterocycles. The third-order valence-electron chi connectivity index (χ3n) is 3.06. The Morgan fingerprint density at radius 3 is 2.05 bits per heavy atom. The molecule has 2 aromatic rings. The second-order valence-corrected chi connectivity index (χ2v) is 11.4. The molecule has 0 atom stereocenters. The summed E-state index contributed by atoms with van der Waals surface area (Å²) in [6.45, 7) is 13.4. The fraction of sp³-hybridized carbons (Fsp3) is 0.375. The van der Waals surface area contributed by atoms with Crippen LogP contribution in [-0.2, 0) is 0 Å². The van der Waals surface area contributed by atoms with Gasteiger partial charge in [0.15, 0.2) is 0 Å². The van der Waals surface area contributed by atoms with Crippen molar-refractivity contribution in [2.24, 2.45) is 0 Å². The Balaban J connectivity index is 0.00000200. The summed E-state index contributed by atoms with van der Waals surface area (Å²) in [5.74, 6) is 1.03. The molecular weight excluding hydrogens is 255 g/mol. The molecule has 0 bridgehead atoms. The minimum Gasteiger partial charge on any atom is -0.303 e. The third kappa shape index (κ3) is 4.05. The third-order valence-corrected chi connectivity index (χ3v) is 4.22. The molecule has 0 fully saturated rings. The quantitative estimate of drug-likeness (QED) is 0.610. The molecule has 102 valence electrons. The Labute approximate surface area is 135 Å². The van der Waals surface area contributed by atoms with Crippen LogP contribution in [0.1, 0.15) is 22.6 Å². The summed E-state index contributed by atoms with van der Waals surface area (Å²) in [7, 11) is -1.25. The number of nitrogens with zero attached hydrogens (tertiary/aromatic N) is 2. The Bertz CT molecular complexity index is 578. The Kier molecular flexibility index (Phi) is 5.37. The topological polar surface area (TPSA) is 17.8 Å². The van der Waals surface area contributed by atoms with Crippen LogP contribution >= 0.6 is 0 Å². The average molecular weight is 278 g/mol. The first-order valence-corrected chi connectivity index (χ1v) is 10.3. The predicted octanol–water partition coefficient (Wildman–Crippen LogP) is 1.23. The zero-order chi connectivity index (χ0) is 14.2. The molecule has 0 aromatic carbocycles. The summed E-state index contributed by atoms with van der Waals surface area (Å²) in [6, 6.07) is 11.0. The minimum absolute atomic E-state index is 0. The van der Waals surface area contributed by atoms with Crippen LogP contribution in [0.5, 0.6) is 0 Å². The van der Waals surface area contributed by atoms with Gasteiger partial charge in [-0.05, 0) is 40.1 Å². The smallest absolute Gasteiger partial charge is 0.303 e. The zero-order valence-electron chi connectivity index (χ0n) is 13.8. The van der Waals surface area contributed by atoms with E-state index in [0.717, 1.165) is 11.5 Å². The minimum atomic E-state index is -1.25. The van der Waals surface area contributed by atoms with Crippen LogP contribution < -0.4 is 18.9 Å². The van der Waals surface area contributed by atoms with Gasteiger partial charge in [0, 0.05) is 11.4 Å². The van der Waals surface area contributed by atoms with Crippen LogP contribution in [0.15, 0.2) is 24.3 Å². The van der Waals surface area contributed by atoms with Gasteiger partial charge in [0.05, 0.1) is 0 Å². The maximum atomic E-state index is 4.83. The molecule has 0 unspecified atom stereocenters. The summed E-state index contributed by atoms with van der Waals surface area (Å²) >= 11 is 0. The van der Waals surface area contributed by atoms with Gasteiger partial charge in [0.2, 0.25) is 0 Å². The fourth-order valence-corrected chi connectivity index (χ4v) is 3.37. The summed E-state index contributed by atoms with van der Waals surface area (Å²) in [6.07, 6.45) is 0. The van der Waals surface area contributed by atoms with Crippen molar-refractivity contribution in [3.63, 3.8) is 0 Å². The molecule has 0 aliphatic carbocycles. The number of aromatic nitrogens is 2. The Morgan fingerprint density at radius 2 is 1.55 bits per heavy atom. The van der Waals surface area contributed by atoms with E-state index in [1.807, 2.05) is 0 Å². The molecule has 2 rings (SSSR count). The van der Waals surface area contributed by atoms with Crippen LogP contribution in [0.3, 0.4) is 0 Å². The van der Waals surface area contributed by atoms with Crippen LogP contribution in [-0.4, -0.2) is 17.6 Å². The van der Waals surface area contributed by atoms with E-state index in [-0.39, 0.29) is 18.9 Å². The SMILES string of the molecule is Cc1cc([CH-][Si](C)(C)C)nc(-n2c(C)ccc2C)c1.[Li+]. The second-order valence-electron chi connectivity index (χ2n) is 6.39. The number of rotatable bonds is 3. The molecule has 20 heavy (non-hydrogen) atoms. The van der Waals surface area contributed by atoms with Gasteiger partial charge < -0.3 is 4.57 Å². The maximum Gasteiger partial charge on any atom is 1.00 e. The van der Waals surface area contributed by atoms with Gasteiger partial charge in [0.25, 0.3) is 0 Å². The predicted molar refractivity (Wildman–Crippen MR) is 84.5 cm³/mol. The largest absolute Gasteiger partial charge is 1.00 e. The first kappa shape index (κ1) is 17.2. The summed E-state index contributed by atoms with van der Waals surface area (Å²) in [5.41, 5.74) is 4.84. The molecule has 0 saturated carbocycles. The molecule has 0 spiro atoms.